The Labute approximate surface area is 441 Å². The number of Topliss-reactive ketones (excluding diaryl/α,β-unsaturated/α-hetero) is 1. The quantitative estimate of drug-likeness (QED) is 0.0834. The van der Waals surface area contributed by atoms with Crippen LogP contribution in [0.15, 0.2) is 35.8 Å². The number of ether oxygens (including phenoxy) is 4. The van der Waals surface area contributed by atoms with E-state index in [2.05, 4.69) is 75.0 Å². The summed E-state index contributed by atoms with van der Waals surface area (Å²) in [5.41, 5.74) is 9.67. The lowest BCUT2D eigenvalue weighted by molar-refractivity contribution is -0.142. The number of hydrazine groups is 1. The third-order valence-electron chi connectivity index (χ3n) is 15.5. The van der Waals surface area contributed by atoms with Crippen molar-refractivity contribution in [3.05, 3.63) is 52.1 Å². The second kappa shape index (κ2) is 23.4. The molecule has 4 atom stereocenters. The summed E-state index contributed by atoms with van der Waals surface area (Å²) < 4.78 is 26.6. The highest BCUT2D eigenvalue weighted by Crippen LogP contribution is 2.44. The van der Waals surface area contributed by atoms with E-state index in [-0.39, 0.29) is 30.5 Å². The van der Waals surface area contributed by atoms with Crippen LogP contribution >= 0.6 is 11.3 Å². The van der Waals surface area contributed by atoms with E-state index in [0.29, 0.717) is 57.2 Å². The van der Waals surface area contributed by atoms with Gasteiger partial charge in [0.15, 0.2) is 0 Å². The molecule has 7 heterocycles. The van der Waals surface area contributed by atoms with Crippen molar-refractivity contribution in [2.75, 3.05) is 84.3 Å². The van der Waals surface area contributed by atoms with Crippen LogP contribution in [0.25, 0.3) is 33.4 Å². The van der Waals surface area contributed by atoms with Crippen molar-refractivity contribution in [1.29, 1.82) is 0 Å². The molecule has 0 radical (unpaired) electrons. The van der Waals surface area contributed by atoms with Crippen LogP contribution < -0.4 is 15.6 Å². The van der Waals surface area contributed by atoms with E-state index in [9.17, 15) is 19.5 Å². The molecule has 404 valence electrons. The van der Waals surface area contributed by atoms with Crippen LogP contribution in [-0.4, -0.2) is 161 Å². The van der Waals surface area contributed by atoms with Gasteiger partial charge in [-0.15, -0.1) is 11.3 Å². The maximum absolute atomic E-state index is 14.9. The molecule has 4 aromatic rings. The van der Waals surface area contributed by atoms with Gasteiger partial charge in [-0.3, -0.25) is 29.4 Å². The third-order valence-corrected chi connectivity index (χ3v) is 16.4. The Hall–Kier alpha value is -4.53. The normalized spacial score (nSPS) is 21.0. The second-order valence-electron chi connectivity index (χ2n) is 23.0. The Morgan fingerprint density at radius 3 is 2.38 bits per heavy atom. The maximum atomic E-state index is 14.9. The number of nitrogens with zero attached hydrogens (tertiary/aromatic N) is 7. The molecular weight excluding hydrogens is 959 g/mol. The van der Waals surface area contributed by atoms with Gasteiger partial charge >= 0.3 is 6.09 Å². The van der Waals surface area contributed by atoms with Crippen molar-refractivity contribution >= 4 is 45.7 Å². The number of benzene rings is 1. The molecule has 5 fully saturated rings. The lowest BCUT2D eigenvalue weighted by Gasteiger charge is -2.39. The topological polar surface area (TPSA) is 176 Å². The molecule has 4 saturated heterocycles. The number of alkyl carbamates (subject to hydrolysis) is 1. The van der Waals surface area contributed by atoms with Gasteiger partial charge < -0.3 is 38.8 Å². The van der Waals surface area contributed by atoms with Crippen LogP contribution in [0.3, 0.4) is 0 Å². The summed E-state index contributed by atoms with van der Waals surface area (Å²) in [5.74, 6) is -0.387. The van der Waals surface area contributed by atoms with Gasteiger partial charge in [-0.2, -0.15) is 0 Å². The summed E-state index contributed by atoms with van der Waals surface area (Å²) in [6.07, 6.45) is 9.21. The number of carbonyl (C=O) groups excluding carboxylic acids is 3. The average molecular weight is 1040 g/mol. The number of hydrogen-bond donors (Lipinski definition) is 3. The van der Waals surface area contributed by atoms with Crippen molar-refractivity contribution in [1.82, 2.24) is 40.1 Å². The van der Waals surface area contributed by atoms with Crippen molar-refractivity contribution in [2.24, 2.45) is 5.41 Å². The smallest absolute Gasteiger partial charge is 0.408 e. The molecule has 1 aliphatic carbocycles. The molecule has 3 N–H and O–H groups in total. The van der Waals surface area contributed by atoms with Gasteiger partial charge in [-0.1, -0.05) is 19.9 Å². The van der Waals surface area contributed by atoms with E-state index >= 15 is 0 Å². The van der Waals surface area contributed by atoms with E-state index in [1.807, 2.05) is 11.6 Å². The van der Waals surface area contributed by atoms with Crippen LogP contribution in [0, 0.1) is 5.41 Å². The fraction of sp³-hybridized carbons (Fsp3) is 0.661. The molecule has 74 heavy (non-hydrogen) atoms. The van der Waals surface area contributed by atoms with Gasteiger partial charge in [-0.05, 0) is 135 Å². The number of aromatic nitrogens is 3. The van der Waals surface area contributed by atoms with Crippen LogP contribution in [0.2, 0.25) is 0 Å². The molecular formula is C56H81N9O8S. The standard InChI is InChI=1S/C56H81N9O8S/c1-36(67)45-12-11-21-65(60-45)53(68)49(59-54(69)73-55(3,4)5)51(63-19-9-10-20-63)52-58-46(34-74-52)38-13-16-47-42(30-38)44(32-56(6,7)35-66)50(64(47)26-29-72-41-17-27-71-28-18-41)43-31-40(33-57-48(43)37(2)70-8)62-24-22-61(23-25-62)39-14-15-39/h13,16,30-31,33-34,37,39,41,45,49,51,60,66H,9-12,14-15,17-29,32,35H2,1-8H3,(H,59,69)/t37-,45-,49-,51-/m0/s1. The number of thiazole rings is 1. The number of aliphatic hydroxyl groups is 1. The molecule has 2 amide bonds. The van der Waals surface area contributed by atoms with E-state index in [4.69, 9.17) is 28.9 Å². The number of likely N-dealkylation sites (tertiary alicyclic amines) is 1. The Morgan fingerprint density at radius 2 is 1.70 bits per heavy atom. The van der Waals surface area contributed by atoms with Crippen molar-refractivity contribution in [3.63, 3.8) is 0 Å². The first-order chi connectivity index (χ1) is 35.5. The lowest BCUT2D eigenvalue weighted by Crippen LogP contribution is -2.62. The highest BCUT2D eigenvalue weighted by molar-refractivity contribution is 7.10. The highest BCUT2D eigenvalue weighted by atomic mass is 32.1. The van der Waals surface area contributed by atoms with Crippen molar-refractivity contribution < 1.29 is 38.4 Å². The molecule has 9 rings (SSSR count). The minimum atomic E-state index is -1.06. The molecule has 4 aliphatic heterocycles. The first kappa shape index (κ1) is 54.3. The minimum Gasteiger partial charge on any atom is -0.444 e. The van der Waals surface area contributed by atoms with Crippen LogP contribution in [0.4, 0.5) is 10.5 Å². The summed E-state index contributed by atoms with van der Waals surface area (Å²) in [5, 5.41) is 19.3. The summed E-state index contributed by atoms with van der Waals surface area (Å²) in [4.78, 5) is 59.1. The van der Waals surface area contributed by atoms with Crippen molar-refractivity contribution in [2.45, 2.75) is 155 Å². The van der Waals surface area contributed by atoms with Crippen molar-refractivity contribution in [3.8, 4) is 22.5 Å². The number of fused-ring (bicyclic) bond motifs is 1. The first-order valence-electron chi connectivity index (χ1n) is 27.3. The SMILES string of the molecule is CO[C@@H](C)c1ncc(N2CCN(C3CC3)CC2)cc1-c1c(CC(C)(C)CO)c2cc(-c3csc([C@H]([C@H](NC(=O)OC(C)(C)C)C(=O)N4CCC[C@@H](C(C)=O)N4)N4CCCC4)n3)ccc2n1CCOC1CCOCC1. The number of anilines is 1. The molecule has 0 spiro atoms. The van der Waals surface area contributed by atoms with E-state index in [1.54, 1.807) is 27.9 Å². The zero-order valence-electron chi connectivity index (χ0n) is 45.1. The van der Waals surface area contributed by atoms with Gasteiger partial charge in [0.2, 0.25) is 0 Å². The van der Waals surface area contributed by atoms with E-state index < -0.39 is 35.2 Å². The number of pyridine rings is 1. The van der Waals surface area contributed by atoms with E-state index in [1.165, 1.54) is 36.1 Å². The lowest BCUT2D eigenvalue weighted by atomic mass is 9.84. The zero-order valence-corrected chi connectivity index (χ0v) is 45.9. The van der Waals surface area contributed by atoms with Crippen LogP contribution in [0.1, 0.15) is 128 Å². The predicted molar refractivity (Wildman–Crippen MR) is 288 cm³/mol. The molecule has 5 aliphatic rings. The van der Waals surface area contributed by atoms with Gasteiger partial charge in [0.25, 0.3) is 5.91 Å². The summed E-state index contributed by atoms with van der Waals surface area (Å²) >= 11 is 1.47. The highest BCUT2D eigenvalue weighted by Gasteiger charge is 2.43. The maximum Gasteiger partial charge on any atom is 0.408 e. The Bertz CT molecular complexity index is 2590. The molecule has 18 heteroatoms. The van der Waals surface area contributed by atoms with Gasteiger partial charge in [0, 0.05) is 99.7 Å². The van der Waals surface area contributed by atoms with E-state index in [0.717, 1.165) is 121 Å². The molecule has 3 aromatic heterocycles. The number of carbonyl (C=O) groups is 3. The predicted octanol–water partition coefficient (Wildman–Crippen LogP) is 7.69. The largest absolute Gasteiger partial charge is 0.444 e. The number of aliphatic hydroxyl groups excluding tert-OH is 1. The van der Waals surface area contributed by atoms with Crippen LogP contribution in [-0.2, 0) is 41.5 Å². The number of ketones is 1. The monoisotopic (exact) mass is 1040 g/mol. The summed E-state index contributed by atoms with van der Waals surface area (Å²) in [6.45, 7) is 21.5. The Balaban J connectivity index is 1.15. The third kappa shape index (κ3) is 12.7. The number of piperazine rings is 1. The fourth-order valence-corrected chi connectivity index (χ4v) is 12.2. The fourth-order valence-electron chi connectivity index (χ4n) is 11.2. The molecule has 0 unspecified atom stereocenters. The van der Waals surface area contributed by atoms with Crippen LogP contribution in [0.5, 0.6) is 0 Å². The molecule has 1 aromatic carbocycles. The van der Waals surface area contributed by atoms with Gasteiger partial charge in [0.05, 0.1) is 59.9 Å². The number of rotatable bonds is 19. The average Bonchev–Trinajstić information content (AvgIpc) is 3.74. The van der Waals surface area contributed by atoms with Gasteiger partial charge in [-0.25, -0.2) is 15.2 Å². The number of amides is 2. The molecule has 17 nitrogen and oxygen atoms in total. The molecule has 0 bridgehead atoms. The first-order valence-corrected chi connectivity index (χ1v) is 28.1. The summed E-state index contributed by atoms with van der Waals surface area (Å²) in [6, 6.07) is 7.42. The van der Waals surface area contributed by atoms with Gasteiger partial charge in [0.1, 0.15) is 22.4 Å². The second-order valence-corrected chi connectivity index (χ2v) is 23.8. The Morgan fingerprint density at radius 1 is 0.959 bits per heavy atom. The summed E-state index contributed by atoms with van der Waals surface area (Å²) in [7, 11) is 1.73. The molecule has 1 saturated carbocycles. The Kier molecular flexibility index (Phi) is 17.1. The number of nitrogens with one attached hydrogen (secondary N) is 2. The minimum absolute atomic E-state index is 0.0104. The zero-order chi connectivity index (χ0) is 52.3. The number of hydrogen-bond acceptors (Lipinski definition) is 15. The number of methoxy groups -OCH3 is 1.